The molecule has 0 atom stereocenters. The first-order chi connectivity index (χ1) is 10.8. The van der Waals surface area contributed by atoms with Crippen molar-refractivity contribution in [2.75, 3.05) is 50.8 Å². The third-order valence-corrected chi connectivity index (χ3v) is 4.54. The Morgan fingerprint density at radius 1 is 1.14 bits per heavy atom. The Kier molecular flexibility index (Phi) is 5.10. The average molecular weight is 306 g/mol. The van der Waals surface area contributed by atoms with E-state index in [-0.39, 0.29) is 5.56 Å². The molecule has 122 valence electrons. The SMILES string of the molecule is CCc1cc(=O)n(CCN2CCOCC2)c(N2CCCC2)n1. The van der Waals surface area contributed by atoms with Crippen molar-refractivity contribution in [3.63, 3.8) is 0 Å². The highest BCUT2D eigenvalue weighted by molar-refractivity contribution is 5.33. The molecule has 2 saturated heterocycles. The molecule has 0 bridgehead atoms. The van der Waals surface area contributed by atoms with Crippen LogP contribution in [0.1, 0.15) is 25.5 Å². The van der Waals surface area contributed by atoms with Gasteiger partial charge < -0.3 is 9.64 Å². The molecule has 1 aromatic heterocycles. The van der Waals surface area contributed by atoms with Gasteiger partial charge in [0.05, 0.1) is 13.2 Å². The predicted octanol–water partition coefficient (Wildman–Crippen LogP) is 0.738. The number of ether oxygens (including phenoxy) is 1. The van der Waals surface area contributed by atoms with Crippen molar-refractivity contribution in [2.24, 2.45) is 0 Å². The Morgan fingerprint density at radius 2 is 1.86 bits per heavy atom. The molecule has 2 aliphatic rings. The van der Waals surface area contributed by atoms with Crippen LogP contribution in [0.3, 0.4) is 0 Å². The average Bonchev–Trinajstić information content (AvgIpc) is 3.08. The molecule has 0 saturated carbocycles. The molecule has 1 aromatic rings. The minimum absolute atomic E-state index is 0.0852. The highest BCUT2D eigenvalue weighted by Gasteiger charge is 2.20. The zero-order chi connectivity index (χ0) is 15.4. The number of morpholine rings is 1. The number of aromatic nitrogens is 2. The topological polar surface area (TPSA) is 50.6 Å². The van der Waals surface area contributed by atoms with Crippen molar-refractivity contribution in [2.45, 2.75) is 32.7 Å². The summed E-state index contributed by atoms with van der Waals surface area (Å²) in [7, 11) is 0. The summed E-state index contributed by atoms with van der Waals surface area (Å²) < 4.78 is 7.24. The van der Waals surface area contributed by atoms with E-state index >= 15 is 0 Å². The van der Waals surface area contributed by atoms with Crippen LogP contribution in [-0.2, 0) is 17.7 Å². The van der Waals surface area contributed by atoms with Crippen molar-refractivity contribution in [3.05, 3.63) is 22.1 Å². The molecule has 0 spiro atoms. The number of anilines is 1. The van der Waals surface area contributed by atoms with Gasteiger partial charge in [0.1, 0.15) is 0 Å². The van der Waals surface area contributed by atoms with E-state index in [9.17, 15) is 4.79 Å². The van der Waals surface area contributed by atoms with Crippen molar-refractivity contribution in [3.8, 4) is 0 Å². The molecule has 3 heterocycles. The van der Waals surface area contributed by atoms with Crippen LogP contribution in [0.15, 0.2) is 10.9 Å². The van der Waals surface area contributed by atoms with Gasteiger partial charge in [-0.25, -0.2) is 4.98 Å². The maximum Gasteiger partial charge on any atom is 0.255 e. The van der Waals surface area contributed by atoms with E-state index in [0.717, 1.165) is 64.0 Å². The van der Waals surface area contributed by atoms with Gasteiger partial charge in [-0.3, -0.25) is 14.3 Å². The van der Waals surface area contributed by atoms with Gasteiger partial charge in [0.2, 0.25) is 5.95 Å². The number of hydrogen-bond donors (Lipinski definition) is 0. The maximum absolute atomic E-state index is 12.5. The molecular weight excluding hydrogens is 280 g/mol. The highest BCUT2D eigenvalue weighted by Crippen LogP contribution is 2.17. The highest BCUT2D eigenvalue weighted by atomic mass is 16.5. The molecule has 0 amide bonds. The van der Waals surface area contributed by atoms with E-state index in [1.54, 1.807) is 6.07 Å². The summed E-state index contributed by atoms with van der Waals surface area (Å²) in [4.78, 5) is 21.9. The molecule has 0 aliphatic carbocycles. The lowest BCUT2D eigenvalue weighted by molar-refractivity contribution is 0.0363. The minimum Gasteiger partial charge on any atom is -0.379 e. The molecule has 6 heteroatoms. The fraction of sp³-hybridized carbons (Fsp3) is 0.750. The van der Waals surface area contributed by atoms with Crippen LogP contribution in [0, 0.1) is 0 Å². The standard InChI is InChI=1S/C16H26N4O2/c1-2-14-13-15(21)20(8-7-18-9-11-22-12-10-18)16(17-14)19-5-3-4-6-19/h13H,2-12H2,1H3. The fourth-order valence-corrected chi connectivity index (χ4v) is 3.16. The van der Waals surface area contributed by atoms with E-state index < -0.39 is 0 Å². The van der Waals surface area contributed by atoms with Crippen LogP contribution in [0.25, 0.3) is 0 Å². The third kappa shape index (κ3) is 3.50. The van der Waals surface area contributed by atoms with Gasteiger partial charge in [-0.05, 0) is 19.3 Å². The quantitative estimate of drug-likeness (QED) is 0.803. The largest absolute Gasteiger partial charge is 0.379 e. The van der Waals surface area contributed by atoms with Gasteiger partial charge in [0.25, 0.3) is 5.56 Å². The number of nitrogens with zero attached hydrogens (tertiary/aromatic N) is 4. The molecule has 0 aromatic carbocycles. The van der Waals surface area contributed by atoms with Crippen LogP contribution in [0.4, 0.5) is 5.95 Å². The Morgan fingerprint density at radius 3 is 2.55 bits per heavy atom. The van der Waals surface area contributed by atoms with Gasteiger partial charge in [0.15, 0.2) is 0 Å². The zero-order valence-corrected chi connectivity index (χ0v) is 13.5. The Bertz CT molecular complexity index is 546. The van der Waals surface area contributed by atoms with Crippen LogP contribution in [0.5, 0.6) is 0 Å². The van der Waals surface area contributed by atoms with Crippen molar-refractivity contribution >= 4 is 5.95 Å². The Balaban J connectivity index is 1.79. The summed E-state index contributed by atoms with van der Waals surface area (Å²) in [6, 6.07) is 1.69. The van der Waals surface area contributed by atoms with Crippen molar-refractivity contribution in [1.82, 2.24) is 14.5 Å². The van der Waals surface area contributed by atoms with E-state index in [1.165, 1.54) is 12.8 Å². The van der Waals surface area contributed by atoms with Gasteiger partial charge >= 0.3 is 0 Å². The normalized spacial score (nSPS) is 19.8. The molecule has 3 rings (SSSR count). The third-order valence-electron chi connectivity index (χ3n) is 4.54. The molecule has 0 radical (unpaired) electrons. The predicted molar refractivity (Wildman–Crippen MR) is 86.6 cm³/mol. The van der Waals surface area contributed by atoms with Crippen LogP contribution < -0.4 is 10.5 Å². The monoisotopic (exact) mass is 306 g/mol. The summed E-state index contributed by atoms with van der Waals surface area (Å²) >= 11 is 0. The molecule has 2 fully saturated rings. The van der Waals surface area contributed by atoms with Gasteiger partial charge in [0, 0.05) is 51.0 Å². The summed E-state index contributed by atoms with van der Waals surface area (Å²) in [6.07, 6.45) is 3.19. The summed E-state index contributed by atoms with van der Waals surface area (Å²) in [6.45, 7) is 9.16. The molecular formula is C16H26N4O2. The first kappa shape index (κ1) is 15.5. The smallest absolute Gasteiger partial charge is 0.255 e. The van der Waals surface area contributed by atoms with Gasteiger partial charge in [-0.15, -0.1) is 0 Å². The number of hydrogen-bond acceptors (Lipinski definition) is 5. The summed E-state index contributed by atoms with van der Waals surface area (Å²) in [5.41, 5.74) is 0.983. The first-order valence-corrected chi connectivity index (χ1v) is 8.43. The first-order valence-electron chi connectivity index (χ1n) is 8.43. The van der Waals surface area contributed by atoms with Crippen LogP contribution in [-0.4, -0.2) is 60.4 Å². The maximum atomic E-state index is 12.5. The molecule has 2 aliphatic heterocycles. The number of aryl methyl sites for hydroxylation is 1. The Hall–Kier alpha value is -1.40. The molecule has 0 unspecified atom stereocenters. The van der Waals surface area contributed by atoms with Crippen LogP contribution in [0.2, 0.25) is 0 Å². The molecule has 6 nitrogen and oxygen atoms in total. The summed E-state index contributed by atoms with van der Waals surface area (Å²) in [5, 5.41) is 0. The van der Waals surface area contributed by atoms with Crippen LogP contribution >= 0.6 is 0 Å². The summed E-state index contributed by atoms with van der Waals surface area (Å²) in [5.74, 6) is 0.870. The second kappa shape index (κ2) is 7.24. The number of rotatable bonds is 5. The van der Waals surface area contributed by atoms with E-state index in [1.807, 2.05) is 11.5 Å². The van der Waals surface area contributed by atoms with E-state index in [0.29, 0.717) is 6.54 Å². The molecule has 22 heavy (non-hydrogen) atoms. The van der Waals surface area contributed by atoms with Gasteiger partial charge in [-0.1, -0.05) is 6.92 Å². The minimum atomic E-state index is 0.0852. The van der Waals surface area contributed by atoms with Crippen molar-refractivity contribution < 1.29 is 4.74 Å². The fourth-order valence-electron chi connectivity index (χ4n) is 3.16. The van der Waals surface area contributed by atoms with E-state index in [4.69, 9.17) is 9.72 Å². The second-order valence-corrected chi connectivity index (χ2v) is 6.04. The van der Waals surface area contributed by atoms with E-state index in [2.05, 4.69) is 9.80 Å². The lowest BCUT2D eigenvalue weighted by Crippen LogP contribution is -2.40. The molecule has 0 N–H and O–H groups in total. The Labute approximate surface area is 131 Å². The lowest BCUT2D eigenvalue weighted by Gasteiger charge is -2.28. The zero-order valence-electron chi connectivity index (χ0n) is 13.5. The van der Waals surface area contributed by atoms with Gasteiger partial charge in [-0.2, -0.15) is 0 Å². The lowest BCUT2D eigenvalue weighted by atomic mass is 10.3. The second-order valence-electron chi connectivity index (χ2n) is 6.04. The van der Waals surface area contributed by atoms with Crippen molar-refractivity contribution in [1.29, 1.82) is 0 Å².